The van der Waals surface area contributed by atoms with Crippen molar-refractivity contribution in [3.05, 3.63) is 231 Å². The zero-order chi connectivity index (χ0) is 41.0. The highest BCUT2D eigenvalue weighted by molar-refractivity contribution is 6.25. The molecular weight excluding hydrogens is 749 g/mol. The highest BCUT2D eigenvalue weighted by Gasteiger charge is 2.17. The number of hydrogen-bond acceptors (Lipinski definition) is 2. The molecule has 12 rings (SSSR count). The summed E-state index contributed by atoms with van der Waals surface area (Å²) >= 11 is 0. The van der Waals surface area contributed by atoms with Gasteiger partial charge in [0.1, 0.15) is 0 Å². The second-order valence-electron chi connectivity index (χ2n) is 16.1. The van der Waals surface area contributed by atoms with Crippen molar-refractivity contribution in [2.45, 2.75) is 0 Å². The monoisotopic (exact) mass is 786 g/mol. The Kier molecular flexibility index (Phi) is 8.53. The Bertz CT molecular complexity index is 3630. The van der Waals surface area contributed by atoms with Crippen molar-refractivity contribution in [3.8, 4) is 67.3 Å². The minimum absolute atomic E-state index is 0.680. The van der Waals surface area contributed by atoms with E-state index in [1.54, 1.807) is 0 Å². The Morgan fingerprint density at radius 3 is 1.27 bits per heavy atom. The van der Waals surface area contributed by atoms with Crippen molar-refractivity contribution in [3.63, 3.8) is 0 Å². The quantitative estimate of drug-likeness (QED) is 0.157. The van der Waals surface area contributed by atoms with E-state index in [-0.39, 0.29) is 0 Å². The molecule has 288 valence electrons. The van der Waals surface area contributed by atoms with E-state index in [1.165, 1.54) is 70.6 Å². The predicted octanol–water partition coefficient (Wildman–Crippen LogP) is 16.2. The first kappa shape index (κ1) is 35.7. The van der Waals surface area contributed by atoms with E-state index >= 15 is 0 Å². The number of fused-ring (bicyclic) bond motifs is 9. The third-order valence-electron chi connectivity index (χ3n) is 12.4. The van der Waals surface area contributed by atoms with Crippen LogP contribution in [0.3, 0.4) is 0 Å². The van der Waals surface area contributed by atoms with E-state index in [2.05, 4.69) is 224 Å². The summed E-state index contributed by atoms with van der Waals surface area (Å²) in [6, 6.07) is 83.1. The lowest BCUT2D eigenvalue weighted by atomic mass is 9.89. The van der Waals surface area contributed by atoms with Crippen LogP contribution in [-0.2, 0) is 0 Å². The molecule has 0 saturated carbocycles. The molecule has 0 bridgehead atoms. The molecule has 0 amide bonds. The zero-order valence-corrected chi connectivity index (χ0v) is 33.8. The highest BCUT2D eigenvalue weighted by atomic mass is 14.9. The van der Waals surface area contributed by atoms with E-state index in [1.807, 2.05) is 6.07 Å². The molecule has 0 radical (unpaired) electrons. The Balaban J connectivity index is 1.11. The van der Waals surface area contributed by atoms with E-state index in [9.17, 15) is 0 Å². The lowest BCUT2D eigenvalue weighted by Gasteiger charge is -2.16. The van der Waals surface area contributed by atoms with Gasteiger partial charge in [-0.15, -0.1) is 0 Å². The summed E-state index contributed by atoms with van der Waals surface area (Å²) in [4.78, 5) is 10.8. The average Bonchev–Trinajstić information content (AvgIpc) is 3.36. The molecule has 0 spiro atoms. The normalized spacial score (nSPS) is 11.5. The van der Waals surface area contributed by atoms with E-state index in [4.69, 9.17) is 9.97 Å². The average molecular weight is 787 g/mol. The maximum Gasteiger partial charge on any atom is 0.160 e. The Morgan fingerprint density at radius 2 is 0.629 bits per heavy atom. The second kappa shape index (κ2) is 14.8. The molecule has 1 heterocycles. The molecule has 62 heavy (non-hydrogen) atoms. The first-order chi connectivity index (χ1) is 30.7. The molecule has 0 N–H and O–H groups in total. The zero-order valence-electron chi connectivity index (χ0n) is 33.8. The van der Waals surface area contributed by atoms with Crippen molar-refractivity contribution >= 4 is 53.9 Å². The van der Waals surface area contributed by atoms with Gasteiger partial charge in [-0.1, -0.05) is 194 Å². The lowest BCUT2D eigenvalue weighted by Crippen LogP contribution is -1.97. The summed E-state index contributed by atoms with van der Waals surface area (Å²) in [5.41, 5.74) is 11.7. The molecule has 0 fully saturated rings. The molecule has 2 nitrogen and oxygen atoms in total. The van der Waals surface area contributed by atoms with Crippen molar-refractivity contribution in [2.24, 2.45) is 0 Å². The van der Waals surface area contributed by atoms with Crippen molar-refractivity contribution < 1.29 is 0 Å². The number of hydrogen-bond donors (Lipinski definition) is 0. The molecule has 12 aromatic rings. The first-order valence-electron chi connectivity index (χ1n) is 21.2. The molecule has 0 aliphatic rings. The van der Waals surface area contributed by atoms with Crippen LogP contribution in [0.25, 0.3) is 121 Å². The molecule has 0 atom stereocenters. The Hall–Kier alpha value is -8.20. The van der Waals surface area contributed by atoms with Gasteiger partial charge in [0.15, 0.2) is 5.82 Å². The van der Waals surface area contributed by atoms with Gasteiger partial charge in [-0.05, 0) is 124 Å². The molecule has 0 unspecified atom stereocenters. The largest absolute Gasteiger partial charge is 0.228 e. The SMILES string of the molecule is c1ccc(-c2ccc(-c3cc(-c4ccccc4)nc(-c4cc(-c5ccc6c7ccccc7c7ccccc7c6c5)cc(-c5cc6ccccc6c6ccccc56)c4)n3)cc2)cc1. The van der Waals surface area contributed by atoms with Crippen LogP contribution >= 0.6 is 0 Å². The van der Waals surface area contributed by atoms with Gasteiger partial charge in [0.2, 0.25) is 0 Å². The van der Waals surface area contributed by atoms with Gasteiger partial charge >= 0.3 is 0 Å². The fourth-order valence-electron chi connectivity index (χ4n) is 9.40. The molecule has 0 aliphatic carbocycles. The van der Waals surface area contributed by atoms with Gasteiger partial charge < -0.3 is 0 Å². The fourth-order valence-corrected chi connectivity index (χ4v) is 9.40. The van der Waals surface area contributed by atoms with Crippen molar-refractivity contribution in [2.75, 3.05) is 0 Å². The van der Waals surface area contributed by atoms with Gasteiger partial charge in [-0.3, -0.25) is 0 Å². The molecule has 1 aromatic heterocycles. The number of nitrogens with zero attached hydrogens (tertiary/aromatic N) is 2. The smallest absolute Gasteiger partial charge is 0.160 e. The van der Waals surface area contributed by atoms with Crippen molar-refractivity contribution in [1.82, 2.24) is 9.97 Å². The van der Waals surface area contributed by atoms with Gasteiger partial charge in [-0.2, -0.15) is 0 Å². The summed E-state index contributed by atoms with van der Waals surface area (Å²) in [7, 11) is 0. The molecular formula is C60H38N2. The predicted molar refractivity (Wildman–Crippen MR) is 262 cm³/mol. The minimum atomic E-state index is 0.680. The van der Waals surface area contributed by atoms with Crippen LogP contribution in [0.4, 0.5) is 0 Å². The summed E-state index contributed by atoms with van der Waals surface area (Å²) in [5, 5.41) is 12.5. The summed E-state index contributed by atoms with van der Waals surface area (Å²) in [5.74, 6) is 0.680. The van der Waals surface area contributed by atoms with Gasteiger partial charge in [0, 0.05) is 16.7 Å². The van der Waals surface area contributed by atoms with Gasteiger partial charge in [0.25, 0.3) is 0 Å². The lowest BCUT2D eigenvalue weighted by molar-refractivity contribution is 1.18. The Morgan fingerprint density at radius 1 is 0.210 bits per heavy atom. The van der Waals surface area contributed by atoms with Gasteiger partial charge in [0.05, 0.1) is 11.4 Å². The number of rotatable bonds is 6. The topological polar surface area (TPSA) is 25.8 Å². The van der Waals surface area contributed by atoms with E-state index < -0.39 is 0 Å². The first-order valence-corrected chi connectivity index (χ1v) is 21.2. The van der Waals surface area contributed by atoms with Crippen LogP contribution in [0.1, 0.15) is 0 Å². The van der Waals surface area contributed by atoms with E-state index in [0.717, 1.165) is 44.8 Å². The van der Waals surface area contributed by atoms with Crippen LogP contribution in [0.15, 0.2) is 231 Å². The maximum absolute atomic E-state index is 5.40. The van der Waals surface area contributed by atoms with Crippen LogP contribution < -0.4 is 0 Å². The van der Waals surface area contributed by atoms with E-state index in [0.29, 0.717) is 5.82 Å². The second-order valence-corrected chi connectivity index (χ2v) is 16.1. The molecule has 0 saturated heterocycles. The van der Waals surface area contributed by atoms with Crippen LogP contribution in [-0.4, -0.2) is 9.97 Å². The molecule has 11 aromatic carbocycles. The standard InChI is InChI=1S/C60H38N2/c1-3-15-39(16-4-1)40-27-29-42(30-28-40)59-38-58(41-17-5-2-6-18-41)61-60(62-59)47-34-45(33-46(35-47)56-37-44-19-7-8-20-48(44)49-21-9-13-25-53(49)56)43-31-32-55-52-24-11-10-22-50(52)51-23-12-14-26-54(51)57(55)36-43/h1-38H. The Labute approximate surface area is 360 Å². The number of benzene rings is 11. The summed E-state index contributed by atoms with van der Waals surface area (Å²) in [6.45, 7) is 0. The maximum atomic E-state index is 5.40. The third-order valence-corrected chi connectivity index (χ3v) is 12.4. The van der Waals surface area contributed by atoms with Crippen LogP contribution in [0.2, 0.25) is 0 Å². The third kappa shape index (κ3) is 6.20. The summed E-state index contributed by atoms with van der Waals surface area (Å²) < 4.78 is 0. The van der Waals surface area contributed by atoms with Crippen LogP contribution in [0.5, 0.6) is 0 Å². The molecule has 0 aliphatic heterocycles. The molecule has 2 heteroatoms. The van der Waals surface area contributed by atoms with Crippen molar-refractivity contribution in [1.29, 1.82) is 0 Å². The van der Waals surface area contributed by atoms with Crippen LogP contribution in [0, 0.1) is 0 Å². The minimum Gasteiger partial charge on any atom is -0.228 e. The van der Waals surface area contributed by atoms with Gasteiger partial charge in [-0.25, -0.2) is 9.97 Å². The number of aromatic nitrogens is 2. The highest BCUT2D eigenvalue weighted by Crippen LogP contribution is 2.42. The fraction of sp³-hybridized carbons (Fsp3) is 0. The summed E-state index contributed by atoms with van der Waals surface area (Å²) in [6.07, 6.45) is 0.